The molecule has 0 aliphatic rings. The van der Waals surface area contributed by atoms with E-state index in [1.165, 1.54) is 12.4 Å². The van der Waals surface area contributed by atoms with Crippen molar-refractivity contribution in [2.24, 2.45) is 0 Å². The number of alkyl halides is 3. The minimum atomic E-state index is -4.09. The number of hydrogen-bond donors (Lipinski definition) is 1. The first-order valence-corrected chi connectivity index (χ1v) is 5.05. The van der Waals surface area contributed by atoms with Gasteiger partial charge >= 0.3 is 6.18 Å². The summed E-state index contributed by atoms with van der Waals surface area (Å²) in [5.41, 5.74) is 0. The molecule has 0 amide bonds. The van der Waals surface area contributed by atoms with Gasteiger partial charge in [0, 0.05) is 25.4 Å². The summed E-state index contributed by atoms with van der Waals surface area (Å²) in [4.78, 5) is 7.72. The van der Waals surface area contributed by atoms with E-state index >= 15 is 0 Å². The monoisotopic (exact) mass is 283 g/mol. The second-order valence-electron chi connectivity index (χ2n) is 2.87. The van der Waals surface area contributed by atoms with Gasteiger partial charge in [0.1, 0.15) is 0 Å². The number of aromatic nitrogens is 2. The van der Waals surface area contributed by atoms with Crippen LogP contribution in [0.25, 0.3) is 0 Å². The normalized spacial score (nSPS) is 11.5. The molecule has 1 aromatic rings. The Balaban J connectivity index is 2.23. The van der Waals surface area contributed by atoms with Gasteiger partial charge in [-0.05, 0) is 22.4 Å². The molecule has 0 aliphatic carbocycles. The highest BCUT2D eigenvalue weighted by molar-refractivity contribution is 9.10. The lowest BCUT2D eigenvalue weighted by atomic mass is 10.3. The molecule has 1 aromatic heterocycles. The van der Waals surface area contributed by atoms with Gasteiger partial charge in [0.15, 0.2) is 0 Å². The maximum Gasteiger partial charge on any atom is 0.389 e. The van der Waals surface area contributed by atoms with Crippen molar-refractivity contribution in [1.29, 1.82) is 0 Å². The topological polar surface area (TPSA) is 37.8 Å². The predicted octanol–water partition coefficient (Wildman–Crippen LogP) is 2.99. The summed E-state index contributed by atoms with van der Waals surface area (Å²) in [5, 5.41) is 2.70. The molecule has 0 atom stereocenters. The summed E-state index contributed by atoms with van der Waals surface area (Å²) in [5.74, 6) is 0.334. The molecule has 7 heteroatoms. The Labute approximate surface area is 93.2 Å². The molecule has 1 heterocycles. The summed E-state index contributed by atoms with van der Waals surface area (Å²) in [6.07, 6.45) is -1.82. The van der Waals surface area contributed by atoms with Crippen LogP contribution in [-0.4, -0.2) is 22.7 Å². The van der Waals surface area contributed by atoms with Crippen molar-refractivity contribution in [3.63, 3.8) is 0 Å². The third kappa shape index (κ3) is 5.56. The Bertz CT molecular complexity index is 299. The molecule has 1 N–H and O–H groups in total. The fourth-order valence-corrected chi connectivity index (χ4v) is 1.10. The van der Waals surface area contributed by atoms with Crippen LogP contribution in [0.4, 0.5) is 19.1 Å². The van der Waals surface area contributed by atoms with Crippen molar-refractivity contribution >= 4 is 21.9 Å². The average molecular weight is 284 g/mol. The van der Waals surface area contributed by atoms with E-state index in [1.807, 2.05) is 0 Å². The van der Waals surface area contributed by atoms with Crippen LogP contribution in [0, 0.1) is 0 Å². The van der Waals surface area contributed by atoms with Gasteiger partial charge in [0.05, 0.1) is 4.47 Å². The Hall–Kier alpha value is -0.850. The average Bonchev–Trinajstić information content (AvgIpc) is 2.14. The minimum absolute atomic E-state index is 0.0168. The van der Waals surface area contributed by atoms with Gasteiger partial charge in [-0.1, -0.05) is 0 Å². The van der Waals surface area contributed by atoms with Crippen LogP contribution < -0.4 is 5.32 Å². The smallest absolute Gasteiger partial charge is 0.354 e. The molecule has 15 heavy (non-hydrogen) atoms. The highest BCUT2D eigenvalue weighted by atomic mass is 79.9. The zero-order chi connectivity index (χ0) is 11.3. The van der Waals surface area contributed by atoms with E-state index in [-0.39, 0.29) is 13.0 Å². The van der Waals surface area contributed by atoms with Crippen molar-refractivity contribution in [2.45, 2.75) is 19.0 Å². The van der Waals surface area contributed by atoms with E-state index in [1.54, 1.807) is 0 Å². The highest BCUT2D eigenvalue weighted by Gasteiger charge is 2.25. The molecule has 0 fully saturated rings. The van der Waals surface area contributed by atoms with Gasteiger partial charge in [-0.25, -0.2) is 9.97 Å². The number of nitrogens with one attached hydrogen (secondary N) is 1. The fourth-order valence-electron chi connectivity index (χ4n) is 0.893. The number of anilines is 1. The lowest BCUT2D eigenvalue weighted by molar-refractivity contribution is -0.134. The molecule has 3 nitrogen and oxygen atoms in total. The Kier molecular flexibility index (Phi) is 4.31. The zero-order valence-corrected chi connectivity index (χ0v) is 9.27. The molecule has 0 aliphatic heterocycles. The molecular weight excluding hydrogens is 275 g/mol. The number of nitrogens with zero attached hydrogens (tertiary/aromatic N) is 2. The van der Waals surface area contributed by atoms with E-state index in [2.05, 4.69) is 31.2 Å². The largest absolute Gasteiger partial charge is 0.389 e. The number of hydrogen-bond acceptors (Lipinski definition) is 3. The minimum Gasteiger partial charge on any atom is -0.354 e. The second kappa shape index (κ2) is 5.29. The van der Waals surface area contributed by atoms with Crippen LogP contribution in [0.3, 0.4) is 0 Å². The summed E-state index contributed by atoms with van der Waals surface area (Å²) in [7, 11) is 0. The Morgan fingerprint density at radius 2 is 1.87 bits per heavy atom. The zero-order valence-electron chi connectivity index (χ0n) is 7.68. The second-order valence-corrected chi connectivity index (χ2v) is 3.79. The van der Waals surface area contributed by atoms with Gasteiger partial charge in [-0.15, -0.1) is 0 Å². The Morgan fingerprint density at radius 1 is 1.27 bits per heavy atom. The molecule has 0 unspecified atom stereocenters. The van der Waals surface area contributed by atoms with Crippen LogP contribution in [-0.2, 0) is 0 Å². The summed E-state index contributed by atoms with van der Waals surface area (Å²) in [6.45, 7) is 0.209. The molecule has 84 valence electrons. The molecule has 0 aromatic carbocycles. The SMILES string of the molecule is FC(F)(F)CCCNc1ncc(Br)cn1. The quantitative estimate of drug-likeness (QED) is 0.864. The van der Waals surface area contributed by atoms with Crippen molar-refractivity contribution in [3.8, 4) is 0 Å². The number of halogens is 4. The first-order valence-electron chi connectivity index (χ1n) is 4.25. The highest BCUT2D eigenvalue weighted by Crippen LogP contribution is 2.20. The molecule has 1 rings (SSSR count). The van der Waals surface area contributed by atoms with E-state index < -0.39 is 12.6 Å². The molecule has 0 saturated carbocycles. The van der Waals surface area contributed by atoms with Crippen molar-refractivity contribution in [1.82, 2.24) is 9.97 Å². The van der Waals surface area contributed by atoms with Crippen molar-refractivity contribution in [3.05, 3.63) is 16.9 Å². The van der Waals surface area contributed by atoms with Gasteiger partial charge in [-0.2, -0.15) is 13.2 Å². The fraction of sp³-hybridized carbons (Fsp3) is 0.500. The van der Waals surface area contributed by atoms with Gasteiger partial charge in [0.2, 0.25) is 5.95 Å². The number of rotatable bonds is 4. The van der Waals surface area contributed by atoms with E-state index in [0.29, 0.717) is 5.95 Å². The summed E-state index contributed by atoms with van der Waals surface area (Å²) < 4.78 is 36.0. The first-order chi connectivity index (χ1) is 6.97. The maximum atomic E-state index is 11.8. The van der Waals surface area contributed by atoms with Crippen LogP contribution in [0.5, 0.6) is 0 Å². The van der Waals surface area contributed by atoms with E-state index in [9.17, 15) is 13.2 Å². The lowest BCUT2D eigenvalue weighted by Gasteiger charge is -2.06. The standard InChI is InChI=1S/C8H9BrF3N3/c9-6-4-14-7(15-5-6)13-3-1-2-8(10,11)12/h4-5H,1-3H2,(H,13,14,15). The molecule has 0 saturated heterocycles. The van der Waals surface area contributed by atoms with Crippen LogP contribution in [0.1, 0.15) is 12.8 Å². The van der Waals surface area contributed by atoms with Gasteiger partial charge in [0.25, 0.3) is 0 Å². The third-order valence-corrected chi connectivity index (χ3v) is 1.95. The molecule has 0 spiro atoms. The van der Waals surface area contributed by atoms with Crippen molar-refractivity contribution < 1.29 is 13.2 Å². The summed E-state index contributed by atoms with van der Waals surface area (Å²) in [6, 6.07) is 0. The van der Waals surface area contributed by atoms with Gasteiger partial charge < -0.3 is 5.32 Å². The first kappa shape index (κ1) is 12.2. The van der Waals surface area contributed by atoms with E-state index in [0.717, 1.165) is 4.47 Å². The Morgan fingerprint density at radius 3 is 2.40 bits per heavy atom. The molecular formula is C8H9BrF3N3. The maximum absolute atomic E-state index is 11.8. The van der Waals surface area contributed by atoms with Gasteiger partial charge in [-0.3, -0.25) is 0 Å². The third-order valence-electron chi connectivity index (χ3n) is 1.54. The summed E-state index contributed by atoms with van der Waals surface area (Å²) >= 11 is 3.15. The molecule has 0 radical (unpaired) electrons. The van der Waals surface area contributed by atoms with Crippen LogP contribution in [0.2, 0.25) is 0 Å². The van der Waals surface area contributed by atoms with Crippen LogP contribution >= 0.6 is 15.9 Å². The van der Waals surface area contributed by atoms with Crippen molar-refractivity contribution in [2.75, 3.05) is 11.9 Å². The predicted molar refractivity (Wildman–Crippen MR) is 53.5 cm³/mol. The van der Waals surface area contributed by atoms with Crippen LogP contribution in [0.15, 0.2) is 16.9 Å². The molecule has 0 bridgehead atoms. The lowest BCUT2D eigenvalue weighted by Crippen LogP contribution is -2.11. The van der Waals surface area contributed by atoms with E-state index in [4.69, 9.17) is 0 Å².